The molecule has 0 aromatic heterocycles. The Kier molecular flexibility index (Phi) is 4.60. The van der Waals surface area contributed by atoms with Crippen LogP contribution in [0.1, 0.15) is 40.5 Å². The minimum Gasteiger partial charge on any atom is -0.396 e. The van der Waals surface area contributed by atoms with Crippen molar-refractivity contribution >= 4 is 0 Å². The Bertz CT molecular complexity index is 179. The van der Waals surface area contributed by atoms with Crippen molar-refractivity contribution in [2.75, 3.05) is 26.2 Å². The zero-order valence-corrected chi connectivity index (χ0v) is 10.8. The molecule has 2 nitrogen and oxygen atoms in total. The van der Waals surface area contributed by atoms with Crippen molar-refractivity contribution in [1.29, 1.82) is 0 Å². The lowest BCUT2D eigenvalue weighted by Gasteiger charge is -2.47. The smallest absolute Gasteiger partial charge is 0.0434 e. The van der Waals surface area contributed by atoms with Gasteiger partial charge in [-0.3, -0.25) is 0 Å². The van der Waals surface area contributed by atoms with E-state index < -0.39 is 0 Å². The van der Waals surface area contributed by atoms with Gasteiger partial charge in [0, 0.05) is 26.2 Å². The van der Waals surface area contributed by atoms with Gasteiger partial charge in [0.15, 0.2) is 0 Å². The van der Waals surface area contributed by atoms with Crippen LogP contribution in [-0.4, -0.2) is 36.2 Å². The summed E-state index contributed by atoms with van der Waals surface area (Å²) in [5, 5.41) is 8.93. The molecule has 2 heteroatoms. The Labute approximate surface area is 94.7 Å². The molecule has 0 saturated carbocycles. The maximum Gasteiger partial charge on any atom is 0.0434 e. The van der Waals surface area contributed by atoms with Crippen LogP contribution in [0.3, 0.4) is 0 Å². The number of aliphatic hydroxyl groups excluding tert-OH is 1. The van der Waals surface area contributed by atoms with Crippen LogP contribution in [0.4, 0.5) is 0 Å². The molecule has 15 heavy (non-hydrogen) atoms. The van der Waals surface area contributed by atoms with E-state index in [0.29, 0.717) is 17.9 Å². The molecule has 0 aromatic carbocycles. The minimum atomic E-state index is 0.342. The molecule has 0 radical (unpaired) electrons. The number of rotatable bonds is 5. The molecule has 0 aromatic rings. The summed E-state index contributed by atoms with van der Waals surface area (Å²) in [5.74, 6) is 1.56. The maximum atomic E-state index is 8.93. The molecule has 1 atom stereocenters. The molecule has 1 aliphatic heterocycles. The first-order valence-electron chi connectivity index (χ1n) is 6.30. The van der Waals surface area contributed by atoms with Gasteiger partial charge < -0.3 is 10.0 Å². The number of aliphatic hydroxyl groups is 1. The maximum absolute atomic E-state index is 8.93. The third-order valence-corrected chi connectivity index (χ3v) is 3.81. The summed E-state index contributed by atoms with van der Waals surface area (Å²) in [6, 6.07) is 0. The highest BCUT2D eigenvalue weighted by atomic mass is 16.3. The van der Waals surface area contributed by atoms with Crippen molar-refractivity contribution in [3.05, 3.63) is 0 Å². The molecule has 1 fully saturated rings. The number of likely N-dealkylation sites (tertiary alicyclic amines) is 1. The van der Waals surface area contributed by atoms with Crippen molar-refractivity contribution in [3.8, 4) is 0 Å². The predicted octanol–water partition coefficient (Wildman–Crippen LogP) is 2.37. The Morgan fingerprint density at radius 1 is 1.33 bits per heavy atom. The zero-order chi connectivity index (χ0) is 11.5. The van der Waals surface area contributed by atoms with Crippen LogP contribution in [0.5, 0.6) is 0 Å². The first-order valence-corrected chi connectivity index (χ1v) is 6.30. The Balaban J connectivity index is 2.21. The molecule has 1 N–H and O–H groups in total. The van der Waals surface area contributed by atoms with Crippen LogP contribution in [0.15, 0.2) is 0 Å². The number of hydrogen-bond acceptors (Lipinski definition) is 2. The Hall–Kier alpha value is -0.0800. The van der Waals surface area contributed by atoms with Crippen molar-refractivity contribution < 1.29 is 5.11 Å². The van der Waals surface area contributed by atoms with Crippen LogP contribution in [0.2, 0.25) is 0 Å². The summed E-state index contributed by atoms with van der Waals surface area (Å²) >= 11 is 0. The van der Waals surface area contributed by atoms with Crippen molar-refractivity contribution in [3.63, 3.8) is 0 Å². The summed E-state index contributed by atoms with van der Waals surface area (Å²) in [6.07, 6.45) is 2.16. The summed E-state index contributed by atoms with van der Waals surface area (Å²) in [4.78, 5) is 2.54. The average Bonchev–Trinajstić information content (AvgIpc) is 2.06. The lowest BCUT2D eigenvalue weighted by molar-refractivity contribution is 0.0110. The molecule has 0 aliphatic carbocycles. The van der Waals surface area contributed by atoms with E-state index in [4.69, 9.17) is 5.11 Å². The van der Waals surface area contributed by atoms with Gasteiger partial charge in [0.25, 0.3) is 0 Å². The fourth-order valence-electron chi connectivity index (χ4n) is 2.24. The van der Waals surface area contributed by atoms with E-state index in [1.807, 2.05) is 0 Å². The summed E-state index contributed by atoms with van der Waals surface area (Å²) < 4.78 is 0. The highest BCUT2D eigenvalue weighted by Gasteiger charge is 2.35. The molecule has 0 amide bonds. The zero-order valence-electron chi connectivity index (χ0n) is 10.8. The van der Waals surface area contributed by atoms with Gasteiger partial charge >= 0.3 is 0 Å². The van der Waals surface area contributed by atoms with Gasteiger partial charge in [-0.2, -0.15) is 0 Å². The van der Waals surface area contributed by atoms with Gasteiger partial charge in [-0.05, 0) is 23.7 Å². The van der Waals surface area contributed by atoms with Crippen LogP contribution in [0, 0.1) is 17.3 Å². The fourth-order valence-corrected chi connectivity index (χ4v) is 2.24. The molecular weight excluding hydrogens is 186 g/mol. The fraction of sp³-hybridized carbons (Fsp3) is 1.00. The number of hydrogen-bond donors (Lipinski definition) is 1. The largest absolute Gasteiger partial charge is 0.396 e. The molecule has 1 saturated heterocycles. The average molecular weight is 213 g/mol. The van der Waals surface area contributed by atoms with E-state index in [2.05, 4.69) is 32.6 Å². The van der Waals surface area contributed by atoms with Crippen molar-refractivity contribution in [1.82, 2.24) is 4.90 Å². The van der Waals surface area contributed by atoms with Crippen LogP contribution < -0.4 is 0 Å². The SMILES string of the molecule is CCC(CCO)CN1CC(C(C)(C)C)C1. The Morgan fingerprint density at radius 2 is 1.93 bits per heavy atom. The van der Waals surface area contributed by atoms with Crippen LogP contribution >= 0.6 is 0 Å². The first kappa shape index (κ1) is 13.0. The Morgan fingerprint density at radius 3 is 2.33 bits per heavy atom. The predicted molar refractivity (Wildman–Crippen MR) is 64.9 cm³/mol. The monoisotopic (exact) mass is 213 g/mol. The minimum absolute atomic E-state index is 0.342. The van der Waals surface area contributed by atoms with Crippen LogP contribution in [0.25, 0.3) is 0 Å². The van der Waals surface area contributed by atoms with Crippen molar-refractivity contribution in [2.24, 2.45) is 17.3 Å². The van der Waals surface area contributed by atoms with Gasteiger partial charge in [-0.1, -0.05) is 34.1 Å². The van der Waals surface area contributed by atoms with Crippen molar-refractivity contribution in [2.45, 2.75) is 40.5 Å². The summed E-state index contributed by atoms with van der Waals surface area (Å²) in [5.41, 5.74) is 0.467. The van der Waals surface area contributed by atoms with E-state index in [1.165, 1.54) is 26.1 Å². The third-order valence-electron chi connectivity index (χ3n) is 3.81. The standard InChI is InChI=1S/C13H27NO/c1-5-11(6-7-15)8-14-9-12(10-14)13(2,3)4/h11-12,15H,5-10H2,1-4H3. The quantitative estimate of drug-likeness (QED) is 0.758. The van der Waals surface area contributed by atoms with E-state index in [0.717, 1.165) is 12.3 Å². The molecular formula is C13H27NO. The molecule has 1 unspecified atom stereocenters. The van der Waals surface area contributed by atoms with Gasteiger partial charge in [0.2, 0.25) is 0 Å². The lowest BCUT2D eigenvalue weighted by Crippen LogP contribution is -2.53. The molecule has 90 valence electrons. The van der Waals surface area contributed by atoms with Gasteiger partial charge in [-0.25, -0.2) is 0 Å². The van der Waals surface area contributed by atoms with Crippen LogP contribution in [-0.2, 0) is 0 Å². The van der Waals surface area contributed by atoms with E-state index in [1.54, 1.807) is 0 Å². The normalized spacial score (nSPS) is 21.4. The topological polar surface area (TPSA) is 23.5 Å². The molecule has 1 heterocycles. The molecule has 0 spiro atoms. The van der Waals surface area contributed by atoms with E-state index in [-0.39, 0.29) is 0 Å². The highest BCUT2D eigenvalue weighted by molar-refractivity contribution is 4.88. The first-order chi connectivity index (χ1) is 6.97. The molecule has 0 bridgehead atoms. The third kappa shape index (κ3) is 3.76. The second kappa shape index (κ2) is 5.31. The van der Waals surface area contributed by atoms with Gasteiger partial charge in [0.05, 0.1) is 0 Å². The van der Waals surface area contributed by atoms with Gasteiger partial charge in [-0.15, -0.1) is 0 Å². The number of nitrogens with zero attached hydrogens (tertiary/aromatic N) is 1. The van der Waals surface area contributed by atoms with E-state index in [9.17, 15) is 0 Å². The molecule has 1 rings (SSSR count). The highest BCUT2D eigenvalue weighted by Crippen LogP contribution is 2.34. The summed E-state index contributed by atoms with van der Waals surface area (Å²) in [6.45, 7) is 13.3. The summed E-state index contributed by atoms with van der Waals surface area (Å²) in [7, 11) is 0. The van der Waals surface area contributed by atoms with E-state index >= 15 is 0 Å². The second-order valence-corrected chi connectivity index (χ2v) is 6.07. The van der Waals surface area contributed by atoms with Gasteiger partial charge in [0.1, 0.15) is 0 Å². The molecule has 1 aliphatic rings. The lowest BCUT2D eigenvalue weighted by atomic mass is 9.75. The second-order valence-electron chi connectivity index (χ2n) is 6.07.